The lowest BCUT2D eigenvalue weighted by Crippen LogP contribution is -2.56. The molecule has 4 atom stereocenters. The number of benzene rings is 2. The van der Waals surface area contributed by atoms with Gasteiger partial charge in [0.15, 0.2) is 0 Å². The van der Waals surface area contributed by atoms with Crippen LogP contribution in [0.3, 0.4) is 0 Å². The van der Waals surface area contributed by atoms with E-state index < -0.39 is 50.2 Å². The van der Waals surface area contributed by atoms with Gasteiger partial charge >= 0.3 is 0 Å². The second-order valence-corrected chi connectivity index (χ2v) is 15.3. The molecule has 1 heterocycles. The molecule has 43 heavy (non-hydrogen) atoms. The van der Waals surface area contributed by atoms with Gasteiger partial charge in [-0.05, 0) is 41.4 Å². The first-order chi connectivity index (χ1) is 20.2. The maximum atomic E-state index is 14.0. The number of sulfonamides is 1. The zero-order valence-corrected chi connectivity index (χ0v) is 26.1. The molecule has 1 saturated heterocycles. The number of carbonyl (C=O) groups excluding carboxylic acids is 3. The van der Waals surface area contributed by atoms with Crippen molar-refractivity contribution in [2.75, 3.05) is 13.7 Å². The first kappa shape index (κ1) is 30.9. The monoisotopic (exact) mass is 607 g/mol. The highest BCUT2D eigenvalue weighted by atomic mass is 32.2. The molecular formula is C33H41N3O6S. The smallest absolute Gasteiger partial charge is 0.259 e. The molecule has 0 bridgehead atoms. The third-order valence-corrected chi connectivity index (χ3v) is 10.6. The number of likely N-dealkylation sites (tertiary alicyclic amines) is 1. The van der Waals surface area contributed by atoms with Gasteiger partial charge in [0.2, 0.25) is 21.8 Å². The lowest BCUT2D eigenvalue weighted by Gasteiger charge is -2.30. The van der Waals surface area contributed by atoms with Crippen LogP contribution < -0.4 is 10.0 Å². The number of methoxy groups -OCH3 is 1. The largest absolute Gasteiger partial charge is 0.372 e. The molecule has 3 amide bonds. The van der Waals surface area contributed by atoms with E-state index in [2.05, 4.69) is 16.6 Å². The number of nitrogens with one attached hydrogen (secondary N) is 2. The second-order valence-electron chi connectivity index (χ2n) is 13.3. The Kier molecular flexibility index (Phi) is 8.07. The Morgan fingerprint density at radius 2 is 1.65 bits per heavy atom. The highest BCUT2D eigenvalue weighted by molar-refractivity contribution is 7.91. The van der Waals surface area contributed by atoms with Gasteiger partial charge < -0.3 is 15.0 Å². The Morgan fingerprint density at radius 3 is 2.19 bits per heavy atom. The van der Waals surface area contributed by atoms with E-state index in [1.807, 2.05) is 75.4 Å². The van der Waals surface area contributed by atoms with Crippen molar-refractivity contribution in [1.82, 2.24) is 14.9 Å². The summed E-state index contributed by atoms with van der Waals surface area (Å²) in [6.07, 6.45) is 3.18. The number of carbonyl (C=O) groups is 3. The van der Waals surface area contributed by atoms with Gasteiger partial charge in [-0.1, -0.05) is 81.4 Å². The fraction of sp³-hybridized carbons (Fsp3) is 0.485. The van der Waals surface area contributed by atoms with E-state index in [0.717, 1.165) is 16.7 Å². The molecule has 3 fully saturated rings. The fourth-order valence-corrected chi connectivity index (χ4v) is 7.38. The number of hydrogen-bond acceptors (Lipinski definition) is 6. The number of nitrogens with zero attached hydrogens (tertiary/aromatic N) is 1. The van der Waals surface area contributed by atoms with Crippen molar-refractivity contribution >= 4 is 27.7 Å². The van der Waals surface area contributed by atoms with Crippen molar-refractivity contribution < 1.29 is 27.5 Å². The third-order valence-electron chi connectivity index (χ3n) is 8.79. The summed E-state index contributed by atoms with van der Waals surface area (Å²) >= 11 is 0. The van der Waals surface area contributed by atoms with Gasteiger partial charge in [-0.3, -0.25) is 19.1 Å². The minimum atomic E-state index is -3.81. The zero-order valence-electron chi connectivity index (χ0n) is 25.3. The van der Waals surface area contributed by atoms with Crippen LogP contribution in [0.15, 0.2) is 67.3 Å². The number of ether oxygens (including phenoxy) is 1. The summed E-state index contributed by atoms with van der Waals surface area (Å²) in [6, 6.07) is 17.0. The van der Waals surface area contributed by atoms with E-state index in [4.69, 9.17) is 4.74 Å². The van der Waals surface area contributed by atoms with Crippen LogP contribution >= 0.6 is 0 Å². The van der Waals surface area contributed by atoms with Crippen LogP contribution in [-0.2, 0) is 34.7 Å². The topological polar surface area (TPSA) is 122 Å². The average molecular weight is 608 g/mol. The van der Waals surface area contributed by atoms with Gasteiger partial charge in [-0.25, -0.2) is 8.42 Å². The van der Waals surface area contributed by atoms with E-state index in [1.54, 1.807) is 18.1 Å². The normalized spacial score (nSPS) is 26.9. The van der Waals surface area contributed by atoms with Crippen LogP contribution in [0.1, 0.15) is 58.4 Å². The van der Waals surface area contributed by atoms with Crippen molar-refractivity contribution in [3.63, 3.8) is 0 Å². The standard InChI is InChI=1S/C33H41N3O6S/c1-6-24-18-33(24,30(39)35-43(40,41)26-16-17-26)34-29(38)27-19-32(42-5,21-36(27)28(37)20-31(2,3)4)25-14-12-23(13-15-25)22-10-8-7-9-11-22/h6-15,24,26-27H,1,16-21H2,2-5H3,(H,34,38)(H,35,39)/t24-,27+,32?,33-/m1/s1. The van der Waals surface area contributed by atoms with Gasteiger partial charge in [0.05, 0.1) is 11.8 Å². The molecule has 9 nitrogen and oxygen atoms in total. The van der Waals surface area contributed by atoms with Gasteiger partial charge in [0.25, 0.3) is 5.91 Å². The molecule has 2 saturated carbocycles. The predicted octanol–water partition coefficient (Wildman–Crippen LogP) is 3.90. The molecule has 2 N–H and O–H groups in total. The third kappa shape index (κ3) is 6.26. The molecule has 1 unspecified atom stereocenters. The molecule has 3 aliphatic rings. The molecular weight excluding hydrogens is 566 g/mol. The number of amides is 3. The summed E-state index contributed by atoms with van der Waals surface area (Å²) in [5.41, 5.74) is 0.209. The van der Waals surface area contributed by atoms with Crippen LogP contribution in [0.2, 0.25) is 0 Å². The van der Waals surface area contributed by atoms with Gasteiger partial charge in [-0.2, -0.15) is 0 Å². The maximum Gasteiger partial charge on any atom is 0.259 e. The Bertz CT molecular complexity index is 1510. The first-order valence-electron chi connectivity index (χ1n) is 14.7. The van der Waals surface area contributed by atoms with E-state index in [1.165, 1.54) is 0 Å². The van der Waals surface area contributed by atoms with Crippen LogP contribution in [-0.4, -0.2) is 61.5 Å². The summed E-state index contributed by atoms with van der Waals surface area (Å²) in [5.74, 6) is -1.91. The average Bonchev–Trinajstić information content (AvgIpc) is 3.89. The molecule has 230 valence electrons. The highest BCUT2D eigenvalue weighted by Crippen LogP contribution is 2.46. The summed E-state index contributed by atoms with van der Waals surface area (Å²) in [5, 5.41) is 2.27. The van der Waals surface area contributed by atoms with E-state index >= 15 is 0 Å². The fourth-order valence-electron chi connectivity index (χ4n) is 6.01. The SMILES string of the molecule is C=C[C@@H]1C[C@]1(NC(=O)[C@@H]1CC(OC)(c2ccc(-c3ccccc3)cc2)CN1C(=O)CC(C)(C)C)C(=O)NS(=O)(=O)C1CC1. The minimum Gasteiger partial charge on any atom is -0.372 e. The van der Waals surface area contributed by atoms with Crippen molar-refractivity contribution in [3.8, 4) is 11.1 Å². The molecule has 5 rings (SSSR count). The summed E-state index contributed by atoms with van der Waals surface area (Å²) in [4.78, 5) is 42.5. The lowest BCUT2D eigenvalue weighted by molar-refractivity contribution is -0.141. The Labute approximate surface area is 254 Å². The quantitative estimate of drug-likeness (QED) is 0.395. The van der Waals surface area contributed by atoms with Crippen molar-refractivity contribution in [1.29, 1.82) is 0 Å². The van der Waals surface area contributed by atoms with E-state index in [9.17, 15) is 22.8 Å². The summed E-state index contributed by atoms with van der Waals surface area (Å²) in [7, 11) is -2.24. The molecule has 10 heteroatoms. The summed E-state index contributed by atoms with van der Waals surface area (Å²) in [6.45, 7) is 9.80. The molecule has 0 spiro atoms. The molecule has 0 aromatic heterocycles. The van der Waals surface area contributed by atoms with Gasteiger partial charge in [0, 0.05) is 25.9 Å². The van der Waals surface area contributed by atoms with Crippen LogP contribution in [0.4, 0.5) is 0 Å². The van der Waals surface area contributed by atoms with E-state index in [0.29, 0.717) is 12.8 Å². The van der Waals surface area contributed by atoms with Crippen molar-refractivity contribution in [3.05, 3.63) is 72.8 Å². The highest BCUT2D eigenvalue weighted by Gasteiger charge is 2.62. The Morgan fingerprint density at radius 1 is 1.02 bits per heavy atom. The molecule has 0 radical (unpaired) electrons. The second kappa shape index (κ2) is 11.2. The Hall–Kier alpha value is -3.50. The molecule has 2 aromatic rings. The Balaban J connectivity index is 1.43. The van der Waals surface area contributed by atoms with Crippen LogP contribution in [0.25, 0.3) is 11.1 Å². The van der Waals surface area contributed by atoms with Crippen LogP contribution in [0, 0.1) is 11.3 Å². The molecule has 2 aromatic carbocycles. The summed E-state index contributed by atoms with van der Waals surface area (Å²) < 4.78 is 33.4. The van der Waals surface area contributed by atoms with Crippen molar-refractivity contribution in [2.24, 2.45) is 11.3 Å². The van der Waals surface area contributed by atoms with Gasteiger partial charge in [-0.15, -0.1) is 6.58 Å². The lowest BCUT2D eigenvalue weighted by atomic mass is 9.89. The van der Waals surface area contributed by atoms with Crippen LogP contribution in [0.5, 0.6) is 0 Å². The zero-order chi connectivity index (χ0) is 31.2. The number of rotatable bonds is 10. The minimum absolute atomic E-state index is 0.154. The van der Waals surface area contributed by atoms with E-state index in [-0.39, 0.29) is 37.1 Å². The molecule has 2 aliphatic carbocycles. The van der Waals surface area contributed by atoms with Gasteiger partial charge in [0.1, 0.15) is 17.2 Å². The predicted molar refractivity (Wildman–Crippen MR) is 164 cm³/mol. The maximum absolute atomic E-state index is 14.0. The molecule has 1 aliphatic heterocycles. The van der Waals surface area contributed by atoms with Crippen molar-refractivity contribution in [2.45, 2.75) is 75.3 Å². The first-order valence-corrected chi connectivity index (χ1v) is 16.3. The number of hydrogen-bond donors (Lipinski definition) is 2.